The first kappa shape index (κ1) is 14.2. The summed E-state index contributed by atoms with van der Waals surface area (Å²) in [5, 5.41) is 6.84. The summed E-state index contributed by atoms with van der Waals surface area (Å²) in [6, 6.07) is 6.53. The van der Waals surface area contributed by atoms with E-state index in [4.69, 9.17) is 0 Å². The number of methoxy groups -OCH3 is 1. The number of nitrogens with one attached hydrogen (secondary N) is 1. The summed E-state index contributed by atoms with van der Waals surface area (Å²) in [7, 11) is 1.31. The summed E-state index contributed by atoms with van der Waals surface area (Å²) in [5.74, 6) is -0.795. The predicted molar refractivity (Wildman–Crippen MR) is 81.3 cm³/mol. The SMILES string of the molecule is COC(=O)c1cccc(NC(=O)c2c(C)nc3scnn23)c1. The second-order valence-corrected chi connectivity index (χ2v) is 5.32. The standard InChI is InChI=1S/C14H12N4O3S/c1-8-11(18-14(16-8)22-7-15-18)12(19)17-10-5-3-4-9(6-10)13(20)21-2/h3-7H,1-2H3,(H,17,19). The first-order valence-corrected chi connectivity index (χ1v) is 7.26. The third-order valence-corrected chi connectivity index (χ3v) is 3.75. The summed E-state index contributed by atoms with van der Waals surface area (Å²) in [4.78, 5) is 28.9. The van der Waals surface area contributed by atoms with Crippen LogP contribution in [0.2, 0.25) is 0 Å². The summed E-state index contributed by atoms with van der Waals surface area (Å²) in [5.41, 5.74) is 3.46. The molecule has 0 spiro atoms. The number of esters is 1. The highest BCUT2D eigenvalue weighted by Crippen LogP contribution is 2.17. The van der Waals surface area contributed by atoms with Crippen LogP contribution in [0.5, 0.6) is 0 Å². The lowest BCUT2D eigenvalue weighted by Gasteiger charge is -2.06. The summed E-state index contributed by atoms with van der Waals surface area (Å²) < 4.78 is 6.16. The van der Waals surface area contributed by atoms with Gasteiger partial charge in [-0.15, -0.1) is 0 Å². The van der Waals surface area contributed by atoms with Crippen molar-refractivity contribution in [3.63, 3.8) is 0 Å². The molecule has 0 radical (unpaired) electrons. The second kappa shape index (κ2) is 5.57. The number of nitrogens with zero attached hydrogens (tertiary/aromatic N) is 3. The Labute approximate surface area is 129 Å². The van der Waals surface area contributed by atoms with Gasteiger partial charge in [0.15, 0.2) is 5.69 Å². The van der Waals surface area contributed by atoms with Crippen LogP contribution in [0.1, 0.15) is 26.5 Å². The molecule has 0 aliphatic heterocycles. The number of anilines is 1. The van der Waals surface area contributed by atoms with Crippen LogP contribution in [0, 0.1) is 6.92 Å². The molecule has 0 saturated carbocycles. The number of aryl methyl sites for hydroxylation is 1. The Balaban J connectivity index is 1.90. The molecule has 0 aliphatic rings. The molecule has 0 unspecified atom stereocenters. The van der Waals surface area contributed by atoms with Crippen molar-refractivity contribution in [2.45, 2.75) is 6.92 Å². The van der Waals surface area contributed by atoms with Crippen molar-refractivity contribution in [3.05, 3.63) is 46.7 Å². The third kappa shape index (κ3) is 2.44. The van der Waals surface area contributed by atoms with E-state index in [1.54, 1.807) is 36.7 Å². The minimum absolute atomic E-state index is 0.335. The van der Waals surface area contributed by atoms with Crippen LogP contribution in [-0.4, -0.2) is 33.6 Å². The number of fused-ring (bicyclic) bond motifs is 1. The second-order valence-electron chi connectivity index (χ2n) is 4.51. The Kier molecular flexibility index (Phi) is 3.60. The molecule has 1 aromatic carbocycles. The molecule has 1 amide bonds. The Morgan fingerprint density at radius 3 is 2.95 bits per heavy atom. The molecule has 22 heavy (non-hydrogen) atoms. The predicted octanol–water partition coefficient (Wildman–Crippen LogP) is 2.14. The zero-order valence-corrected chi connectivity index (χ0v) is 12.7. The van der Waals surface area contributed by atoms with E-state index in [1.165, 1.54) is 23.0 Å². The van der Waals surface area contributed by atoms with Gasteiger partial charge in [-0.25, -0.2) is 9.78 Å². The fourth-order valence-corrected chi connectivity index (χ4v) is 2.75. The van der Waals surface area contributed by atoms with E-state index in [0.717, 1.165) is 0 Å². The van der Waals surface area contributed by atoms with Crippen molar-refractivity contribution in [3.8, 4) is 0 Å². The average Bonchev–Trinajstić information content (AvgIpc) is 3.06. The van der Waals surface area contributed by atoms with Crippen LogP contribution < -0.4 is 5.32 Å². The number of ether oxygens (including phenoxy) is 1. The molecule has 2 heterocycles. The molecule has 8 heteroatoms. The topological polar surface area (TPSA) is 85.6 Å². The van der Waals surface area contributed by atoms with Gasteiger partial charge >= 0.3 is 5.97 Å². The Morgan fingerprint density at radius 2 is 2.18 bits per heavy atom. The molecule has 0 aliphatic carbocycles. The first-order chi connectivity index (χ1) is 10.6. The largest absolute Gasteiger partial charge is 0.465 e. The fraction of sp³-hybridized carbons (Fsp3) is 0.143. The van der Waals surface area contributed by atoms with Gasteiger partial charge in [0.25, 0.3) is 5.91 Å². The van der Waals surface area contributed by atoms with Crippen LogP contribution in [-0.2, 0) is 4.74 Å². The van der Waals surface area contributed by atoms with E-state index in [-0.39, 0.29) is 5.91 Å². The molecule has 0 saturated heterocycles. The van der Waals surface area contributed by atoms with Gasteiger partial charge in [-0.3, -0.25) is 4.79 Å². The molecule has 112 valence electrons. The van der Waals surface area contributed by atoms with Gasteiger partial charge < -0.3 is 10.1 Å². The lowest BCUT2D eigenvalue weighted by atomic mass is 10.2. The van der Waals surface area contributed by atoms with Crippen molar-refractivity contribution in [1.29, 1.82) is 0 Å². The number of amides is 1. The van der Waals surface area contributed by atoms with Gasteiger partial charge in [0, 0.05) is 5.69 Å². The Bertz CT molecular complexity index is 868. The number of carbonyl (C=O) groups is 2. The number of benzene rings is 1. The van der Waals surface area contributed by atoms with E-state index in [9.17, 15) is 9.59 Å². The van der Waals surface area contributed by atoms with Gasteiger partial charge in [0.1, 0.15) is 5.51 Å². The number of aromatic nitrogens is 3. The van der Waals surface area contributed by atoms with Gasteiger partial charge in [-0.05, 0) is 25.1 Å². The molecule has 0 atom stereocenters. The van der Waals surface area contributed by atoms with E-state index >= 15 is 0 Å². The van der Waals surface area contributed by atoms with E-state index < -0.39 is 5.97 Å². The maximum absolute atomic E-state index is 12.4. The average molecular weight is 316 g/mol. The minimum atomic E-state index is -0.460. The highest BCUT2D eigenvalue weighted by Gasteiger charge is 2.19. The van der Waals surface area contributed by atoms with Crippen molar-refractivity contribution < 1.29 is 14.3 Å². The lowest BCUT2D eigenvalue weighted by Crippen LogP contribution is -2.16. The van der Waals surface area contributed by atoms with Crippen molar-refractivity contribution in [2.24, 2.45) is 0 Å². The van der Waals surface area contributed by atoms with Crippen molar-refractivity contribution in [2.75, 3.05) is 12.4 Å². The van der Waals surface area contributed by atoms with Crippen LogP contribution >= 0.6 is 11.3 Å². The van der Waals surface area contributed by atoms with E-state index in [1.807, 2.05) is 0 Å². The van der Waals surface area contributed by atoms with E-state index in [2.05, 4.69) is 20.1 Å². The molecule has 0 fully saturated rings. The number of carbonyl (C=O) groups excluding carboxylic acids is 2. The van der Waals surface area contributed by atoms with Crippen molar-refractivity contribution >= 4 is 33.9 Å². The smallest absolute Gasteiger partial charge is 0.337 e. The molecular weight excluding hydrogens is 304 g/mol. The maximum atomic E-state index is 12.4. The molecule has 0 bridgehead atoms. The highest BCUT2D eigenvalue weighted by molar-refractivity contribution is 7.14. The minimum Gasteiger partial charge on any atom is -0.465 e. The van der Waals surface area contributed by atoms with Crippen LogP contribution in [0.3, 0.4) is 0 Å². The molecule has 2 aromatic heterocycles. The molecule has 3 rings (SSSR count). The molecule has 3 aromatic rings. The fourth-order valence-electron chi connectivity index (χ4n) is 2.09. The van der Waals surface area contributed by atoms with Gasteiger partial charge in [-0.1, -0.05) is 17.4 Å². The quantitative estimate of drug-likeness (QED) is 0.748. The lowest BCUT2D eigenvalue weighted by molar-refractivity contribution is 0.0600. The van der Waals surface area contributed by atoms with E-state index in [0.29, 0.717) is 27.6 Å². The Hall–Kier alpha value is -2.74. The van der Waals surface area contributed by atoms with Gasteiger partial charge in [0.05, 0.1) is 18.4 Å². The number of rotatable bonds is 3. The normalized spacial score (nSPS) is 10.6. The summed E-state index contributed by atoms with van der Waals surface area (Å²) in [6.07, 6.45) is 0. The molecular formula is C14H12N4O3S. The maximum Gasteiger partial charge on any atom is 0.337 e. The number of hydrogen-bond acceptors (Lipinski definition) is 6. The highest BCUT2D eigenvalue weighted by atomic mass is 32.1. The summed E-state index contributed by atoms with van der Waals surface area (Å²) >= 11 is 1.35. The van der Waals surface area contributed by atoms with Crippen LogP contribution in [0.15, 0.2) is 29.8 Å². The monoisotopic (exact) mass is 316 g/mol. The summed E-state index contributed by atoms with van der Waals surface area (Å²) in [6.45, 7) is 1.75. The van der Waals surface area contributed by atoms with Crippen molar-refractivity contribution in [1.82, 2.24) is 14.6 Å². The molecule has 1 N–H and O–H groups in total. The molecule has 7 nitrogen and oxygen atoms in total. The number of hydrogen-bond donors (Lipinski definition) is 1. The first-order valence-electron chi connectivity index (χ1n) is 6.38. The third-order valence-electron chi connectivity index (χ3n) is 3.08. The van der Waals surface area contributed by atoms with Gasteiger partial charge in [-0.2, -0.15) is 9.61 Å². The van der Waals surface area contributed by atoms with Crippen LogP contribution in [0.25, 0.3) is 4.96 Å². The van der Waals surface area contributed by atoms with Crippen LogP contribution in [0.4, 0.5) is 5.69 Å². The Morgan fingerprint density at radius 1 is 1.36 bits per heavy atom. The number of imidazole rings is 1. The zero-order valence-electron chi connectivity index (χ0n) is 11.9. The van der Waals surface area contributed by atoms with Gasteiger partial charge in [0.2, 0.25) is 4.96 Å². The zero-order chi connectivity index (χ0) is 15.7.